The predicted octanol–water partition coefficient (Wildman–Crippen LogP) is 0.797. The Bertz CT molecular complexity index is 561. The second-order valence-electron chi connectivity index (χ2n) is 4.21. The Morgan fingerprint density at radius 2 is 2.10 bits per heavy atom. The van der Waals surface area contributed by atoms with Crippen molar-refractivity contribution in [2.24, 2.45) is 5.73 Å². The maximum Gasteiger partial charge on any atom is 0.326 e. The molecule has 1 aromatic rings. The van der Waals surface area contributed by atoms with E-state index in [0.717, 1.165) is 0 Å². The number of amides is 2. The summed E-state index contributed by atoms with van der Waals surface area (Å²) in [4.78, 5) is 33.9. The second-order valence-corrected chi connectivity index (χ2v) is 4.65. The standard InChI is InChI=1S/C13H15ClN2O5/c1-21-10-4-2-7(14)6-8(10)12(18)16-9(13(19)20)3-5-11(15)17/h2,4,6,9H,3,5H2,1H3,(H2,15,17)(H,16,18)(H,19,20)/t9-/m0/s1. The molecule has 0 saturated heterocycles. The number of ether oxygens (including phenoxy) is 1. The van der Waals surface area contributed by atoms with Crippen molar-refractivity contribution < 1.29 is 24.2 Å². The van der Waals surface area contributed by atoms with Gasteiger partial charge in [0.2, 0.25) is 5.91 Å². The Labute approximate surface area is 126 Å². The minimum absolute atomic E-state index is 0.0979. The molecule has 0 radical (unpaired) electrons. The van der Waals surface area contributed by atoms with E-state index >= 15 is 0 Å². The zero-order valence-electron chi connectivity index (χ0n) is 11.3. The average molecular weight is 315 g/mol. The highest BCUT2D eigenvalue weighted by Crippen LogP contribution is 2.22. The second kappa shape index (κ2) is 7.49. The first kappa shape index (κ1) is 16.8. The van der Waals surface area contributed by atoms with Crippen LogP contribution in [0.25, 0.3) is 0 Å². The predicted molar refractivity (Wildman–Crippen MR) is 75.3 cm³/mol. The van der Waals surface area contributed by atoms with Crippen LogP contribution in [0.4, 0.5) is 0 Å². The molecule has 0 fully saturated rings. The summed E-state index contributed by atoms with van der Waals surface area (Å²) < 4.78 is 5.02. The van der Waals surface area contributed by atoms with Gasteiger partial charge >= 0.3 is 5.97 Å². The van der Waals surface area contributed by atoms with E-state index in [1.165, 1.54) is 19.2 Å². The van der Waals surface area contributed by atoms with Gasteiger partial charge in [0.15, 0.2) is 0 Å². The molecule has 114 valence electrons. The number of benzene rings is 1. The Hall–Kier alpha value is -2.28. The van der Waals surface area contributed by atoms with Crippen LogP contribution in [-0.2, 0) is 9.59 Å². The largest absolute Gasteiger partial charge is 0.496 e. The number of nitrogens with two attached hydrogens (primary N) is 1. The first-order chi connectivity index (χ1) is 9.85. The van der Waals surface area contributed by atoms with Crippen LogP contribution in [0, 0.1) is 0 Å². The molecule has 0 aromatic heterocycles. The van der Waals surface area contributed by atoms with Gasteiger partial charge in [-0.3, -0.25) is 9.59 Å². The maximum atomic E-state index is 12.1. The topological polar surface area (TPSA) is 119 Å². The number of aliphatic carboxylic acids is 1. The van der Waals surface area contributed by atoms with Gasteiger partial charge in [-0.1, -0.05) is 11.6 Å². The molecule has 0 spiro atoms. The Morgan fingerprint density at radius 1 is 1.43 bits per heavy atom. The molecule has 21 heavy (non-hydrogen) atoms. The third kappa shape index (κ3) is 4.96. The van der Waals surface area contributed by atoms with Crippen LogP contribution < -0.4 is 15.8 Å². The van der Waals surface area contributed by atoms with Crippen LogP contribution in [-0.4, -0.2) is 36.0 Å². The summed E-state index contributed by atoms with van der Waals surface area (Å²) >= 11 is 5.81. The van der Waals surface area contributed by atoms with Crippen LogP contribution in [0.3, 0.4) is 0 Å². The van der Waals surface area contributed by atoms with Crippen LogP contribution in [0.1, 0.15) is 23.2 Å². The van der Waals surface area contributed by atoms with E-state index in [0.29, 0.717) is 5.02 Å². The number of carbonyl (C=O) groups excluding carboxylic acids is 2. The third-order valence-corrected chi connectivity index (χ3v) is 2.92. The molecule has 0 aliphatic carbocycles. The number of primary amides is 1. The lowest BCUT2D eigenvalue weighted by Gasteiger charge is -2.15. The quantitative estimate of drug-likeness (QED) is 0.687. The smallest absolute Gasteiger partial charge is 0.326 e. The number of carboxylic acid groups (broad SMARTS) is 1. The van der Waals surface area contributed by atoms with E-state index in [1.54, 1.807) is 6.07 Å². The van der Waals surface area contributed by atoms with E-state index < -0.39 is 23.8 Å². The van der Waals surface area contributed by atoms with Gasteiger partial charge in [0.25, 0.3) is 5.91 Å². The van der Waals surface area contributed by atoms with Crippen molar-refractivity contribution in [3.8, 4) is 5.75 Å². The fourth-order valence-corrected chi connectivity index (χ4v) is 1.81. The maximum absolute atomic E-state index is 12.1. The minimum atomic E-state index is -1.26. The van der Waals surface area contributed by atoms with Gasteiger partial charge in [0, 0.05) is 11.4 Å². The summed E-state index contributed by atoms with van der Waals surface area (Å²) in [5.74, 6) is -2.30. The van der Waals surface area contributed by atoms with Gasteiger partial charge in [0.1, 0.15) is 11.8 Å². The van der Waals surface area contributed by atoms with E-state index in [2.05, 4.69) is 5.32 Å². The van der Waals surface area contributed by atoms with Crippen molar-refractivity contribution in [1.82, 2.24) is 5.32 Å². The molecule has 1 rings (SSSR count). The monoisotopic (exact) mass is 314 g/mol. The summed E-state index contributed by atoms with van der Waals surface area (Å²) in [6.45, 7) is 0. The highest BCUT2D eigenvalue weighted by Gasteiger charge is 2.23. The molecular weight excluding hydrogens is 300 g/mol. The molecule has 0 bridgehead atoms. The van der Waals surface area contributed by atoms with Crippen molar-refractivity contribution in [1.29, 1.82) is 0 Å². The normalized spacial score (nSPS) is 11.5. The highest BCUT2D eigenvalue weighted by molar-refractivity contribution is 6.31. The molecule has 4 N–H and O–H groups in total. The summed E-state index contributed by atoms with van der Waals surface area (Å²) in [6.07, 6.45) is -0.247. The highest BCUT2D eigenvalue weighted by atomic mass is 35.5. The lowest BCUT2D eigenvalue weighted by atomic mass is 10.1. The zero-order chi connectivity index (χ0) is 16.0. The van der Waals surface area contributed by atoms with Gasteiger partial charge in [-0.15, -0.1) is 0 Å². The van der Waals surface area contributed by atoms with E-state index in [4.69, 9.17) is 27.2 Å². The lowest BCUT2D eigenvalue weighted by Crippen LogP contribution is -2.41. The number of hydrogen-bond donors (Lipinski definition) is 3. The first-order valence-corrected chi connectivity index (χ1v) is 6.38. The van der Waals surface area contributed by atoms with Crippen LogP contribution in [0.2, 0.25) is 5.02 Å². The minimum Gasteiger partial charge on any atom is -0.496 e. The number of carboxylic acids is 1. The summed E-state index contributed by atoms with van der Waals surface area (Å²) in [5, 5.41) is 11.7. The van der Waals surface area contributed by atoms with Crippen LogP contribution in [0.5, 0.6) is 5.75 Å². The number of methoxy groups -OCH3 is 1. The number of carbonyl (C=O) groups is 3. The third-order valence-electron chi connectivity index (χ3n) is 2.69. The fourth-order valence-electron chi connectivity index (χ4n) is 1.64. The molecule has 7 nitrogen and oxygen atoms in total. The van der Waals surface area contributed by atoms with Crippen molar-refractivity contribution in [2.75, 3.05) is 7.11 Å². The molecule has 0 heterocycles. The zero-order valence-corrected chi connectivity index (χ0v) is 12.0. The molecular formula is C13H15ClN2O5. The van der Waals surface area contributed by atoms with Crippen LogP contribution in [0.15, 0.2) is 18.2 Å². The first-order valence-electron chi connectivity index (χ1n) is 6.00. The van der Waals surface area contributed by atoms with Crippen LogP contribution >= 0.6 is 11.6 Å². The number of hydrogen-bond acceptors (Lipinski definition) is 4. The van der Waals surface area contributed by atoms with E-state index in [9.17, 15) is 14.4 Å². The van der Waals surface area contributed by atoms with Crippen molar-refractivity contribution in [3.63, 3.8) is 0 Å². The molecule has 2 amide bonds. The van der Waals surface area contributed by atoms with Gasteiger partial charge in [-0.05, 0) is 24.6 Å². The molecule has 0 aliphatic heterocycles. The Kier molecular flexibility index (Phi) is 5.98. The lowest BCUT2D eigenvalue weighted by molar-refractivity contribution is -0.139. The SMILES string of the molecule is COc1ccc(Cl)cc1C(=O)N[C@@H](CCC(N)=O)C(=O)O. The molecule has 0 saturated carbocycles. The van der Waals surface area contributed by atoms with Crippen molar-refractivity contribution in [2.45, 2.75) is 18.9 Å². The average Bonchev–Trinajstić information content (AvgIpc) is 2.42. The summed E-state index contributed by atoms with van der Waals surface area (Å²) in [6, 6.07) is 3.17. The van der Waals surface area contributed by atoms with Gasteiger partial charge in [-0.25, -0.2) is 4.79 Å². The number of rotatable bonds is 7. The molecule has 8 heteroatoms. The van der Waals surface area contributed by atoms with Gasteiger partial charge < -0.3 is 20.9 Å². The van der Waals surface area contributed by atoms with Crippen molar-refractivity contribution in [3.05, 3.63) is 28.8 Å². The van der Waals surface area contributed by atoms with Crippen molar-refractivity contribution >= 4 is 29.4 Å². The summed E-state index contributed by atoms with van der Waals surface area (Å²) in [5.41, 5.74) is 5.07. The molecule has 1 aromatic carbocycles. The Morgan fingerprint density at radius 3 is 2.62 bits per heavy atom. The van der Waals surface area contributed by atoms with E-state index in [-0.39, 0.29) is 24.2 Å². The molecule has 0 unspecified atom stereocenters. The Balaban J connectivity index is 2.89. The molecule has 0 aliphatic rings. The van der Waals surface area contributed by atoms with E-state index in [1.807, 2.05) is 0 Å². The molecule has 1 atom stereocenters. The number of nitrogens with one attached hydrogen (secondary N) is 1. The summed E-state index contributed by atoms with van der Waals surface area (Å²) in [7, 11) is 1.38. The number of halogens is 1. The van der Waals surface area contributed by atoms with Gasteiger partial charge in [-0.2, -0.15) is 0 Å². The fraction of sp³-hybridized carbons (Fsp3) is 0.308. The van der Waals surface area contributed by atoms with Gasteiger partial charge in [0.05, 0.1) is 12.7 Å².